The maximum Gasteiger partial charge on any atom is 0.343 e. The predicted molar refractivity (Wildman–Crippen MR) is 159 cm³/mol. The molecule has 0 spiro atoms. The molecule has 0 amide bonds. The molecule has 7 aromatic rings. The molecule has 0 unspecified atom stereocenters. The van der Waals surface area contributed by atoms with E-state index >= 15 is 0 Å². The first-order valence-electron chi connectivity index (χ1n) is 13.1. The van der Waals surface area contributed by atoms with Crippen LogP contribution < -0.4 is 9.47 Å². The molecule has 4 nitrogen and oxygen atoms in total. The minimum atomic E-state index is -0.577. The average Bonchev–Trinajstić information content (AvgIpc) is 3.01. The Labute approximate surface area is 234 Å². The second-order valence-electron chi connectivity index (χ2n) is 9.80. The van der Waals surface area contributed by atoms with Gasteiger partial charge in [0.15, 0.2) is 0 Å². The Morgan fingerprint density at radius 3 is 1.41 bits per heavy atom. The summed E-state index contributed by atoms with van der Waals surface area (Å²) in [6.45, 7) is 0. The van der Waals surface area contributed by atoms with Gasteiger partial charge in [-0.1, -0.05) is 84.9 Å². The summed E-state index contributed by atoms with van der Waals surface area (Å²) >= 11 is 0. The topological polar surface area (TPSA) is 52.6 Å². The Bertz CT molecular complexity index is 2170. The fraction of sp³-hybridized carbons (Fsp3) is 0. The second kappa shape index (κ2) is 9.88. The zero-order valence-electron chi connectivity index (χ0n) is 21.6. The number of benzene rings is 7. The minimum absolute atomic E-state index is 0.193. The van der Waals surface area contributed by atoms with Gasteiger partial charge in [-0.15, -0.1) is 0 Å². The molecule has 0 aliphatic carbocycles. The zero-order valence-corrected chi connectivity index (χ0v) is 21.6. The van der Waals surface area contributed by atoms with Crippen molar-refractivity contribution in [3.8, 4) is 11.5 Å². The summed E-state index contributed by atoms with van der Waals surface area (Å²) in [5, 5.41) is 5.66. The van der Waals surface area contributed by atoms with Crippen LogP contribution >= 0.6 is 0 Å². The third kappa shape index (κ3) is 4.43. The van der Waals surface area contributed by atoms with Crippen LogP contribution in [0.2, 0.25) is 0 Å². The van der Waals surface area contributed by atoms with Gasteiger partial charge in [0.1, 0.15) is 17.3 Å². The van der Waals surface area contributed by atoms with Crippen LogP contribution in [0.25, 0.3) is 43.1 Å². The zero-order chi connectivity index (χ0) is 27.9. The average molecular weight is 537 g/mol. The summed E-state index contributed by atoms with van der Waals surface area (Å²) in [7, 11) is 0. The highest BCUT2D eigenvalue weighted by atomic mass is 19.1. The maximum atomic E-state index is 14.6. The molecule has 0 aromatic heterocycles. The van der Waals surface area contributed by atoms with Crippen molar-refractivity contribution >= 4 is 55.0 Å². The van der Waals surface area contributed by atoms with Gasteiger partial charge in [0.2, 0.25) is 0 Å². The lowest BCUT2D eigenvalue weighted by Gasteiger charge is -2.17. The molecule has 0 saturated carbocycles. The highest BCUT2D eigenvalue weighted by molar-refractivity contribution is 6.14. The van der Waals surface area contributed by atoms with Crippen LogP contribution in [0.1, 0.15) is 20.7 Å². The minimum Gasteiger partial charge on any atom is -0.422 e. The number of esters is 2. The van der Waals surface area contributed by atoms with E-state index in [-0.39, 0.29) is 11.5 Å². The third-order valence-corrected chi connectivity index (χ3v) is 7.25. The van der Waals surface area contributed by atoms with E-state index in [0.717, 1.165) is 21.5 Å². The van der Waals surface area contributed by atoms with Gasteiger partial charge in [0, 0.05) is 21.5 Å². The van der Waals surface area contributed by atoms with E-state index in [1.807, 2.05) is 60.7 Å². The standard InChI is InChI=1S/C36H21FO4/c37-28-17-18-31-32(21-28)34(41-36(39)27-16-14-23-8-2-4-10-25(23)20-27)30-12-6-5-11-29(30)33(31)40-35(38)26-15-13-22-7-1-3-9-24(22)19-26/h1-21H. The largest absolute Gasteiger partial charge is 0.422 e. The van der Waals surface area contributed by atoms with Crippen molar-refractivity contribution in [2.75, 3.05) is 0 Å². The van der Waals surface area contributed by atoms with Crippen molar-refractivity contribution < 1.29 is 23.5 Å². The van der Waals surface area contributed by atoms with Gasteiger partial charge >= 0.3 is 11.9 Å². The van der Waals surface area contributed by atoms with Gasteiger partial charge in [-0.3, -0.25) is 0 Å². The van der Waals surface area contributed by atoms with E-state index in [1.165, 1.54) is 18.2 Å². The predicted octanol–water partition coefficient (Wildman–Crippen LogP) is 8.88. The molecule has 7 aromatic carbocycles. The number of carbonyl (C=O) groups is 2. The third-order valence-electron chi connectivity index (χ3n) is 7.25. The van der Waals surface area contributed by atoms with E-state index < -0.39 is 17.8 Å². The summed E-state index contributed by atoms with van der Waals surface area (Å²) in [6, 6.07) is 37.4. The Morgan fingerprint density at radius 2 is 0.878 bits per heavy atom. The monoisotopic (exact) mass is 536 g/mol. The molecule has 0 fully saturated rings. The van der Waals surface area contributed by atoms with E-state index in [9.17, 15) is 14.0 Å². The first kappa shape index (κ1) is 24.5. The fourth-order valence-corrected chi connectivity index (χ4v) is 5.23. The number of fused-ring (bicyclic) bond motifs is 4. The molecule has 41 heavy (non-hydrogen) atoms. The quantitative estimate of drug-likeness (QED) is 0.128. The summed E-state index contributed by atoms with van der Waals surface area (Å²) in [6.07, 6.45) is 0. The van der Waals surface area contributed by atoms with Gasteiger partial charge in [-0.2, -0.15) is 0 Å². The number of carbonyl (C=O) groups excluding carboxylic acids is 2. The second-order valence-corrected chi connectivity index (χ2v) is 9.80. The van der Waals surface area contributed by atoms with Crippen LogP contribution in [0, 0.1) is 5.82 Å². The molecule has 0 aliphatic rings. The summed E-state index contributed by atoms with van der Waals surface area (Å²) in [5.41, 5.74) is 0.749. The summed E-state index contributed by atoms with van der Waals surface area (Å²) < 4.78 is 26.6. The number of ether oxygens (including phenoxy) is 2. The molecule has 196 valence electrons. The Kier molecular flexibility index (Phi) is 5.90. The molecular weight excluding hydrogens is 515 g/mol. The van der Waals surface area contributed by atoms with Crippen molar-refractivity contribution in [3.05, 3.63) is 144 Å². The fourth-order valence-electron chi connectivity index (χ4n) is 5.23. The van der Waals surface area contributed by atoms with Gasteiger partial charge in [0.05, 0.1) is 11.1 Å². The lowest BCUT2D eigenvalue weighted by atomic mass is 10.00. The molecule has 7 rings (SSSR count). The first-order chi connectivity index (χ1) is 20.0. The van der Waals surface area contributed by atoms with Crippen molar-refractivity contribution in [2.24, 2.45) is 0 Å². The molecule has 0 radical (unpaired) electrons. The highest BCUT2D eigenvalue weighted by Crippen LogP contribution is 2.43. The first-order valence-corrected chi connectivity index (χ1v) is 13.1. The molecule has 0 bridgehead atoms. The molecule has 0 saturated heterocycles. The molecule has 0 N–H and O–H groups in total. The Morgan fingerprint density at radius 1 is 0.439 bits per heavy atom. The van der Waals surface area contributed by atoms with Crippen molar-refractivity contribution in [1.82, 2.24) is 0 Å². The number of halogens is 1. The van der Waals surface area contributed by atoms with Crippen molar-refractivity contribution in [1.29, 1.82) is 0 Å². The van der Waals surface area contributed by atoms with Gasteiger partial charge in [-0.05, 0) is 64.0 Å². The Balaban J connectivity index is 1.34. The molecule has 5 heteroatoms. The smallest absolute Gasteiger partial charge is 0.343 e. The van der Waals surface area contributed by atoms with E-state index in [2.05, 4.69) is 0 Å². The number of hydrogen-bond acceptors (Lipinski definition) is 4. The van der Waals surface area contributed by atoms with Crippen LogP contribution in [0.4, 0.5) is 4.39 Å². The van der Waals surface area contributed by atoms with Crippen LogP contribution in [-0.4, -0.2) is 11.9 Å². The molecule has 0 atom stereocenters. The van der Waals surface area contributed by atoms with Gasteiger partial charge < -0.3 is 9.47 Å². The van der Waals surface area contributed by atoms with Crippen LogP contribution in [-0.2, 0) is 0 Å². The lowest BCUT2D eigenvalue weighted by molar-refractivity contribution is 0.0726. The van der Waals surface area contributed by atoms with Crippen molar-refractivity contribution in [2.45, 2.75) is 0 Å². The maximum absolute atomic E-state index is 14.6. The van der Waals surface area contributed by atoms with E-state index in [0.29, 0.717) is 32.7 Å². The van der Waals surface area contributed by atoms with Crippen LogP contribution in [0.5, 0.6) is 11.5 Å². The number of hydrogen-bond donors (Lipinski definition) is 0. The van der Waals surface area contributed by atoms with Gasteiger partial charge in [0.25, 0.3) is 0 Å². The normalized spacial score (nSPS) is 11.2. The molecule has 0 aliphatic heterocycles. The van der Waals surface area contributed by atoms with Crippen LogP contribution in [0.3, 0.4) is 0 Å². The lowest BCUT2D eigenvalue weighted by Crippen LogP contribution is -2.11. The van der Waals surface area contributed by atoms with E-state index in [1.54, 1.807) is 48.5 Å². The summed E-state index contributed by atoms with van der Waals surface area (Å²) in [5.74, 6) is -1.18. The Hall–Kier alpha value is -5.55. The number of rotatable bonds is 4. The summed E-state index contributed by atoms with van der Waals surface area (Å²) in [4.78, 5) is 26.8. The van der Waals surface area contributed by atoms with Crippen molar-refractivity contribution in [3.63, 3.8) is 0 Å². The van der Waals surface area contributed by atoms with E-state index in [4.69, 9.17) is 9.47 Å². The SMILES string of the molecule is O=C(Oc1c2ccccc2c(OC(=O)c2ccc3ccccc3c2)c2cc(F)ccc12)c1ccc2ccccc2c1. The molecular formula is C36H21FO4. The molecule has 0 heterocycles. The highest BCUT2D eigenvalue weighted by Gasteiger charge is 2.22. The van der Waals surface area contributed by atoms with Crippen LogP contribution in [0.15, 0.2) is 127 Å². The van der Waals surface area contributed by atoms with Gasteiger partial charge in [-0.25, -0.2) is 14.0 Å².